The number of aromatic nitrogens is 2. The molecule has 1 N–H and O–H groups in total. The molecule has 0 unspecified atom stereocenters. The van der Waals surface area contributed by atoms with Gasteiger partial charge in [0.1, 0.15) is 20.0 Å². The fraction of sp³-hybridized carbons (Fsp3) is 0.188. The Kier molecular flexibility index (Phi) is 4.60. The summed E-state index contributed by atoms with van der Waals surface area (Å²) in [5.41, 5.74) is 2.71. The first kappa shape index (κ1) is 15.8. The van der Waals surface area contributed by atoms with Gasteiger partial charge in [-0.3, -0.25) is 4.79 Å². The van der Waals surface area contributed by atoms with Crippen molar-refractivity contribution in [2.75, 3.05) is 17.3 Å². The van der Waals surface area contributed by atoms with Crippen LogP contribution in [0, 0.1) is 0 Å². The third-order valence-corrected chi connectivity index (χ3v) is 3.30. The molecule has 0 saturated heterocycles. The maximum atomic E-state index is 11.3. The Balaban J connectivity index is 2.62. The van der Waals surface area contributed by atoms with Gasteiger partial charge in [0.05, 0.1) is 5.52 Å². The average Bonchev–Trinajstić information content (AvgIpc) is 2.46. The third-order valence-electron chi connectivity index (χ3n) is 3.30. The first-order valence-electron chi connectivity index (χ1n) is 6.79. The molecule has 1 aromatic heterocycles. The highest BCUT2D eigenvalue weighted by Gasteiger charge is 2.12. The van der Waals surface area contributed by atoms with Gasteiger partial charge < -0.3 is 10.2 Å². The maximum absolute atomic E-state index is 11.3. The molecule has 6 heteroatoms. The number of anilines is 2. The SMILES string of the molecule is [B]c1cc2ncnc(N(C)/C(C)=C/C=C)c2cc1NC(C)=O. The van der Waals surface area contributed by atoms with Gasteiger partial charge in [-0.05, 0) is 25.1 Å². The lowest BCUT2D eigenvalue weighted by Crippen LogP contribution is -2.19. The fourth-order valence-corrected chi connectivity index (χ4v) is 2.12. The van der Waals surface area contributed by atoms with Crippen molar-refractivity contribution in [1.82, 2.24) is 9.97 Å². The van der Waals surface area contributed by atoms with Crippen LogP contribution in [0.1, 0.15) is 13.8 Å². The minimum absolute atomic E-state index is 0.180. The summed E-state index contributed by atoms with van der Waals surface area (Å²) in [6.45, 7) is 7.10. The van der Waals surface area contributed by atoms with Crippen LogP contribution in [0.25, 0.3) is 10.9 Å². The summed E-state index contributed by atoms with van der Waals surface area (Å²) in [5, 5.41) is 3.52. The average molecular weight is 292 g/mol. The molecular weight excluding hydrogens is 275 g/mol. The zero-order valence-corrected chi connectivity index (χ0v) is 12.9. The van der Waals surface area contributed by atoms with Gasteiger partial charge in [-0.2, -0.15) is 0 Å². The van der Waals surface area contributed by atoms with E-state index in [9.17, 15) is 4.79 Å². The molecule has 0 saturated carbocycles. The summed E-state index contributed by atoms with van der Waals surface area (Å²) >= 11 is 0. The zero-order valence-electron chi connectivity index (χ0n) is 12.9. The van der Waals surface area contributed by atoms with E-state index in [1.54, 1.807) is 18.2 Å². The van der Waals surface area contributed by atoms with E-state index < -0.39 is 0 Å². The number of nitrogens with zero attached hydrogens (tertiary/aromatic N) is 3. The molecule has 2 aromatic rings. The molecule has 2 rings (SSSR count). The third kappa shape index (κ3) is 3.16. The van der Waals surface area contributed by atoms with Crippen LogP contribution < -0.4 is 15.7 Å². The second-order valence-electron chi connectivity index (χ2n) is 4.94. The fourth-order valence-electron chi connectivity index (χ4n) is 2.12. The molecule has 0 aliphatic rings. The van der Waals surface area contributed by atoms with E-state index in [0.717, 1.165) is 22.4 Å². The molecule has 2 radical (unpaired) electrons. The summed E-state index contributed by atoms with van der Waals surface area (Å²) in [6.07, 6.45) is 5.10. The van der Waals surface area contributed by atoms with Gasteiger partial charge in [-0.1, -0.05) is 18.1 Å². The highest BCUT2D eigenvalue weighted by atomic mass is 16.1. The number of amides is 1. The summed E-state index contributed by atoms with van der Waals surface area (Å²) in [4.78, 5) is 21.8. The number of allylic oxidation sites excluding steroid dienone is 3. The van der Waals surface area contributed by atoms with E-state index in [2.05, 4.69) is 21.9 Å². The lowest BCUT2D eigenvalue weighted by Gasteiger charge is -2.21. The smallest absolute Gasteiger partial charge is 0.221 e. The van der Waals surface area contributed by atoms with Crippen LogP contribution >= 0.6 is 0 Å². The van der Waals surface area contributed by atoms with E-state index >= 15 is 0 Å². The lowest BCUT2D eigenvalue weighted by atomic mass is 9.92. The Morgan fingerprint density at radius 1 is 1.36 bits per heavy atom. The predicted molar refractivity (Wildman–Crippen MR) is 91.6 cm³/mol. The predicted octanol–water partition coefficient (Wildman–Crippen LogP) is 1.91. The van der Waals surface area contributed by atoms with Crippen molar-refractivity contribution in [3.8, 4) is 0 Å². The highest BCUT2D eigenvalue weighted by Crippen LogP contribution is 2.26. The number of carbonyl (C=O) groups is 1. The Morgan fingerprint density at radius 2 is 2.09 bits per heavy atom. The molecule has 1 heterocycles. The van der Waals surface area contributed by atoms with Crippen LogP contribution in [0.15, 0.2) is 42.9 Å². The second-order valence-corrected chi connectivity index (χ2v) is 4.94. The largest absolute Gasteiger partial charge is 0.333 e. The first-order valence-corrected chi connectivity index (χ1v) is 6.79. The molecule has 0 bridgehead atoms. The van der Waals surface area contributed by atoms with Crippen LogP contribution in [0.3, 0.4) is 0 Å². The number of carbonyl (C=O) groups excluding carboxylic acids is 1. The normalized spacial score (nSPS) is 11.3. The number of benzene rings is 1. The Hall–Kier alpha value is -2.63. The Bertz CT molecular complexity index is 770. The van der Waals surface area contributed by atoms with Gasteiger partial charge in [0, 0.05) is 30.7 Å². The lowest BCUT2D eigenvalue weighted by molar-refractivity contribution is -0.114. The topological polar surface area (TPSA) is 58.1 Å². The zero-order chi connectivity index (χ0) is 16.3. The van der Waals surface area contributed by atoms with Crippen LogP contribution in [-0.2, 0) is 4.79 Å². The summed E-state index contributed by atoms with van der Waals surface area (Å²) in [6, 6.07) is 3.52. The Labute approximate surface area is 131 Å². The van der Waals surface area contributed by atoms with Crippen molar-refractivity contribution in [3.05, 3.63) is 42.9 Å². The molecule has 0 spiro atoms. The highest BCUT2D eigenvalue weighted by molar-refractivity contribution is 6.37. The van der Waals surface area contributed by atoms with Gasteiger partial charge >= 0.3 is 0 Å². The molecule has 1 aromatic carbocycles. The van der Waals surface area contributed by atoms with Crippen molar-refractivity contribution in [1.29, 1.82) is 0 Å². The monoisotopic (exact) mass is 292 g/mol. The van der Waals surface area contributed by atoms with Gasteiger partial charge in [0.2, 0.25) is 5.91 Å². The van der Waals surface area contributed by atoms with Crippen LogP contribution in [0.4, 0.5) is 11.5 Å². The van der Waals surface area contributed by atoms with Crippen molar-refractivity contribution >= 4 is 41.6 Å². The van der Waals surface area contributed by atoms with Gasteiger partial charge in [0.25, 0.3) is 0 Å². The molecule has 22 heavy (non-hydrogen) atoms. The number of rotatable bonds is 4. The molecule has 0 aliphatic carbocycles. The van der Waals surface area contributed by atoms with Gasteiger partial charge in [-0.25, -0.2) is 9.97 Å². The minimum Gasteiger partial charge on any atom is -0.333 e. The van der Waals surface area contributed by atoms with Crippen molar-refractivity contribution < 1.29 is 4.79 Å². The number of hydrogen-bond donors (Lipinski definition) is 1. The van der Waals surface area contributed by atoms with E-state index in [1.807, 2.05) is 24.9 Å². The van der Waals surface area contributed by atoms with Gasteiger partial charge in [-0.15, -0.1) is 0 Å². The minimum atomic E-state index is -0.180. The summed E-state index contributed by atoms with van der Waals surface area (Å²) < 4.78 is 0. The summed E-state index contributed by atoms with van der Waals surface area (Å²) in [7, 11) is 7.86. The molecule has 5 nitrogen and oxygen atoms in total. The van der Waals surface area contributed by atoms with E-state index in [4.69, 9.17) is 7.85 Å². The number of nitrogens with one attached hydrogen (secondary N) is 1. The second kappa shape index (κ2) is 6.43. The molecule has 0 fully saturated rings. The summed E-state index contributed by atoms with van der Waals surface area (Å²) in [5.74, 6) is 0.549. The molecule has 110 valence electrons. The van der Waals surface area contributed by atoms with Crippen molar-refractivity contribution in [3.63, 3.8) is 0 Å². The standard InChI is InChI=1S/C16H17BN4O/c1-5-6-10(2)21(4)16-12-7-15(20-11(3)22)13(17)8-14(12)18-9-19-16/h5-9H,1H2,2-4H3,(H,20,22)/b10-6+. The van der Waals surface area contributed by atoms with Gasteiger partial charge in [0.15, 0.2) is 0 Å². The quantitative estimate of drug-likeness (QED) is 0.691. The first-order chi connectivity index (χ1) is 10.4. The molecular formula is C16H17BN4O. The van der Waals surface area contributed by atoms with Crippen LogP contribution in [0.2, 0.25) is 0 Å². The Morgan fingerprint density at radius 3 is 2.73 bits per heavy atom. The van der Waals surface area contributed by atoms with E-state index in [-0.39, 0.29) is 5.91 Å². The van der Waals surface area contributed by atoms with Crippen molar-refractivity contribution in [2.24, 2.45) is 0 Å². The van der Waals surface area contributed by atoms with Crippen molar-refractivity contribution in [2.45, 2.75) is 13.8 Å². The number of fused-ring (bicyclic) bond motifs is 1. The number of hydrogen-bond acceptors (Lipinski definition) is 4. The van der Waals surface area contributed by atoms with Crippen LogP contribution in [0.5, 0.6) is 0 Å². The van der Waals surface area contributed by atoms with Crippen LogP contribution in [-0.4, -0.2) is 30.8 Å². The van der Waals surface area contributed by atoms with E-state index in [0.29, 0.717) is 11.2 Å². The van der Waals surface area contributed by atoms with E-state index in [1.165, 1.54) is 13.3 Å². The maximum Gasteiger partial charge on any atom is 0.221 e. The molecule has 0 atom stereocenters. The molecule has 1 amide bonds. The molecule has 0 aliphatic heterocycles.